The Kier molecular flexibility index (Phi) is 8.02. The fourth-order valence-corrected chi connectivity index (χ4v) is 3.57. The van der Waals surface area contributed by atoms with E-state index < -0.39 is 5.97 Å². The SMILES string of the molecule is CC(C)(c1ccc(O)cc1)c1ccc(O)cc1.O=C(O)C(=Cc1ccc(O)cc1)c1ccc(O)cc1. The van der Waals surface area contributed by atoms with Gasteiger partial charge in [-0.2, -0.15) is 0 Å². The van der Waals surface area contributed by atoms with Crippen molar-refractivity contribution in [3.63, 3.8) is 0 Å². The quantitative estimate of drug-likeness (QED) is 0.171. The number of carbonyl (C=O) groups is 1. The second kappa shape index (κ2) is 11.1. The Hall–Kier alpha value is -4.71. The summed E-state index contributed by atoms with van der Waals surface area (Å²) in [6, 6.07) is 26.6. The molecule has 0 aliphatic rings. The van der Waals surface area contributed by atoms with Crippen molar-refractivity contribution in [1.82, 2.24) is 0 Å². The Morgan fingerprint density at radius 3 is 1.28 bits per heavy atom. The summed E-state index contributed by atoms with van der Waals surface area (Å²) >= 11 is 0. The van der Waals surface area contributed by atoms with Gasteiger partial charge < -0.3 is 25.5 Å². The highest BCUT2D eigenvalue weighted by atomic mass is 16.4. The average molecular weight is 485 g/mol. The minimum absolute atomic E-state index is 0.0816. The van der Waals surface area contributed by atoms with Crippen LogP contribution in [0.15, 0.2) is 97.1 Å². The zero-order valence-electron chi connectivity index (χ0n) is 20.0. The van der Waals surface area contributed by atoms with Crippen molar-refractivity contribution in [3.8, 4) is 23.0 Å². The average Bonchev–Trinajstić information content (AvgIpc) is 2.85. The van der Waals surface area contributed by atoms with Crippen LogP contribution in [-0.4, -0.2) is 31.5 Å². The van der Waals surface area contributed by atoms with Gasteiger partial charge in [0.15, 0.2) is 0 Å². The van der Waals surface area contributed by atoms with Gasteiger partial charge in [-0.1, -0.05) is 62.4 Å². The number of benzene rings is 4. The third-order valence-electron chi connectivity index (χ3n) is 5.79. The molecule has 4 aromatic carbocycles. The van der Waals surface area contributed by atoms with E-state index in [2.05, 4.69) is 13.8 Å². The number of carboxylic acid groups (broad SMARTS) is 1. The zero-order chi connectivity index (χ0) is 26.3. The second-order valence-electron chi connectivity index (χ2n) is 8.72. The van der Waals surface area contributed by atoms with E-state index in [1.54, 1.807) is 36.4 Å². The molecule has 0 radical (unpaired) electrons. The monoisotopic (exact) mass is 484 g/mol. The minimum atomic E-state index is -1.06. The Morgan fingerprint density at radius 2 is 0.917 bits per heavy atom. The van der Waals surface area contributed by atoms with Crippen LogP contribution in [0.3, 0.4) is 0 Å². The smallest absolute Gasteiger partial charge is 0.336 e. The van der Waals surface area contributed by atoms with Gasteiger partial charge in [0.25, 0.3) is 0 Å². The molecule has 0 amide bonds. The number of phenolic OH excluding ortho intramolecular Hbond substituents is 4. The lowest BCUT2D eigenvalue weighted by Gasteiger charge is -2.26. The summed E-state index contributed by atoms with van der Waals surface area (Å²) in [5.41, 5.74) is 3.39. The van der Waals surface area contributed by atoms with E-state index in [1.807, 2.05) is 24.3 Å². The number of aromatic hydroxyl groups is 4. The van der Waals surface area contributed by atoms with Gasteiger partial charge in [-0.3, -0.25) is 0 Å². The first-order valence-electron chi connectivity index (χ1n) is 11.2. The molecule has 5 N–H and O–H groups in total. The molecule has 0 spiro atoms. The largest absolute Gasteiger partial charge is 0.508 e. The molecule has 0 heterocycles. The minimum Gasteiger partial charge on any atom is -0.508 e. The van der Waals surface area contributed by atoms with E-state index in [-0.39, 0.29) is 34.0 Å². The van der Waals surface area contributed by atoms with Gasteiger partial charge in [0.05, 0.1) is 5.57 Å². The Balaban J connectivity index is 0.000000202. The Labute approximate surface area is 209 Å². The third kappa shape index (κ3) is 6.67. The van der Waals surface area contributed by atoms with Crippen molar-refractivity contribution in [2.24, 2.45) is 0 Å². The molecule has 0 fully saturated rings. The van der Waals surface area contributed by atoms with Crippen molar-refractivity contribution in [1.29, 1.82) is 0 Å². The van der Waals surface area contributed by atoms with E-state index in [1.165, 1.54) is 42.5 Å². The summed E-state index contributed by atoms with van der Waals surface area (Å²) in [5, 5.41) is 46.2. The lowest BCUT2D eigenvalue weighted by molar-refractivity contribution is -0.130. The highest BCUT2D eigenvalue weighted by molar-refractivity contribution is 6.20. The number of hydrogen-bond acceptors (Lipinski definition) is 5. The molecule has 0 saturated heterocycles. The van der Waals surface area contributed by atoms with Gasteiger partial charge in [-0.05, 0) is 76.9 Å². The Bertz CT molecular complexity index is 1270. The van der Waals surface area contributed by atoms with E-state index >= 15 is 0 Å². The molecule has 6 heteroatoms. The van der Waals surface area contributed by atoms with Crippen LogP contribution in [0.5, 0.6) is 23.0 Å². The van der Waals surface area contributed by atoms with Crippen LogP contribution in [0.2, 0.25) is 0 Å². The highest BCUT2D eigenvalue weighted by Gasteiger charge is 2.22. The van der Waals surface area contributed by atoms with Gasteiger partial charge in [0.1, 0.15) is 23.0 Å². The van der Waals surface area contributed by atoms with Crippen LogP contribution in [0, 0.1) is 0 Å². The van der Waals surface area contributed by atoms with E-state index in [0.29, 0.717) is 11.1 Å². The van der Waals surface area contributed by atoms with Crippen molar-refractivity contribution in [2.45, 2.75) is 19.3 Å². The van der Waals surface area contributed by atoms with Gasteiger partial charge >= 0.3 is 5.97 Å². The lowest BCUT2D eigenvalue weighted by atomic mass is 9.78. The van der Waals surface area contributed by atoms with E-state index in [4.69, 9.17) is 0 Å². The zero-order valence-corrected chi connectivity index (χ0v) is 20.0. The molecule has 0 aromatic heterocycles. The number of phenols is 4. The highest BCUT2D eigenvalue weighted by Crippen LogP contribution is 2.33. The molecule has 0 aliphatic heterocycles. The molecule has 184 valence electrons. The standard InChI is InChI=1S/C15H12O4.C15H16O2/c16-12-5-1-10(2-6-12)9-14(15(18)19)11-3-7-13(17)8-4-11;1-15(2,11-3-7-13(16)8-4-11)12-5-9-14(17)10-6-12/h1-9,16-17H,(H,18,19);3-10,16-17H,1-2H3. The summed E-state index contributed by atoms with van der Waals surface area (Å²) in [6.07, 6.45) is 1.51. The topological polar surface area (TPSA) is 118 Å². The molecule has 36 heavy (non-hydrogen) atoms. The van der Waals surface area contributed by atoms with Crippen LogP contribution in [-0.2, 0) is 10.2 Å². The van der Waals surface area contributed by atoms with Crippen LogP contribution >= 0.6 is 0 Å². The molecule has 0 unspecified atom stereocenters. The summed E-state index contributed by atoms with van der Waals surface area (Å²) in [5.74, 6) is -0.305. The second-order valence-corrected chi connectivity index (χ2v) is 8.72. The first-order chi connectivity index (χ1) is 17.1. The van der Waals surface area contributed by atoms with Gasteiger partial charge in [-0.15, -0.1) is 0 Å². The van der Waals surface area contributed by atoms with Crippen molar-refractivity contribution in [2.75, 3.05) is 0 Å². The fraction of sp³-hybridized carbons (Fsp3) is 0.100. The van der Waals surface area contributed by atoms with E-state index in [0.717, 1.165) is 11.1 Å². The van der Waals surface area contributed by atoms with Crippen molar-refractivity contribution < 1.29 is 30.3 Å². The van der Waals surface area contributed by atoms with Crippen molar-refractivity contribution in [3.05, 3.63) is 119 Å². The summed E-state index contributed by atoms with van der Waals surface area (Å²) in [6.45, 7) is 4.23. The molecule has 0 aliphatic carbocycles. The lowest BCUT2D eigenvalue weighted by Crippen LogP contribution is -2.18. The maximum Gasteiger partial charge on any atom is 0.336 e. The summed E-state index contributed by atoms with van der Waals surface area (Å²) in [4.78, 5) is 11.3. The predicted octanol–water partition coefficient (Wildman–Crippen LogP) is 6.15. The van der Waals surface area contributed by atoms with Gasteiger partial charge in [-0.25, -0.2) is 4.79 Å². The normalized spacial score (nSPS) is 11.3. The number of hydrogen-bond donors (Lipinski definition) is 5. The number of aliphatic carboxylic acids is 1. The first-order valence-corrected chi connectivity index (χ1v) is 11.2. The van der Waals surface area contributed by atoms with Gasteiger partial charge in [0, 0.05) is 5.41 Å². The van der Waals surface area contributed by atoms with Gasteiger partial charge in [0.2, 0.25) is 0 Å². The fourth-order valence-electron chi connectivity index (χ4n) is 3.57. The predicted molar refractivity (Wildman–Crippen MR) is 140 cm³/mol. The molecular formula is C30H28O6. The summed E-state index contributed by atoms with van der Waals surface area (Å²) < 4.78 is 0. The first kappa shape index (κ1) is 25.9. The number of carboxylic acids is 1. The van der Waals surface area contributed by atoms with Crippen molar-refractivity contribution >= 4 is 17.6 Å². The van der Waals surface area contributed by atoms with Crippen LogP contribution in [0.1, 0.15) is 36.1 Å². The maximum atomic E-state index is 11.3. The van der Waals surface area contributed by atoms with Crippen LogP contribution < -0.4 is 0 Å². The molecular weight excluding hydrogens is 456 g/mol. The van der Waals surface area contributed by atoms with Crippen LogP contribution in [0.25, 0.3) is 11.6 Å². The molecule has 0 saturated carbocycles. The molecule has 0 atom stereocenters. The van der Waals surface area contributed by atoms with E-state index in [9.17, 15) is 30.3 Å². The van der Waals surface area contributed by atoms with Crippen LogP contribution in [0.4, 0.5) is 0 Å². The molecule has 0 bridgehead atoms. The third-order valence-corrected chi connectivity index (χ3v) is 5.79. The molecule has 6 nitrogen and oxygen atoms in total. The summed E-state index contributed by atoms with van der Waals surface area (Å²) in [7, 11) is 0. The Morgan fingerprint density at radius 1 is 0.583 bits per heavy atom. The maximum absolute atomic E-state index is 11.3. The number of rotatable bonds is 5. The molecule has 4 aromatic rings. The molecule has 4 rings (SSSR count).